The lowest BCUT2D eigenvalue weighted by Gasteiger charge is -2.39. The number of hydrogen-bond acceptors (Lipinski definition) is 5. The fourth-order valence-electron chi connectivity index (χ4n) is 3.58. The van der Waals surface area contributed by atoms with Gasteiger partial charge in [0.15, 0.2) is 0 Å². The summed E-state index contributed by atoms with van der Waals surface area (Å²) in [6.07, 6.45) is -1.85. The van der Waals surface area contributed by atoms with Crippen LogP contribution in [0.5, 0.6) is 0 Å². The molecule has 2 aliphatic rings. The summed E-state index contributed by atoms with van der Waals surface area (Å²) >= 11 is 0. The Balaban J connectivity index is 1.50. The van der Waals surface area contributed by atoms with Crippen molar-refractivity contribution in [3.63, 3.8) is 0 Å². The minimum absolute atomic E-state index is 0.0699. The molecule has 26 heavy (non-hydrogen) atoms. The predicted octanol–water partition coefficient (Wildman–Crippen LogP) is 1.62. The Labute approximate surface area is 149 Å². The van der Waals surface area contributed by atoms with Crippen LogP contribution < -0.4 is 10.6 Å². The van der Waals surface area contributed by atoms with Crippen molar-refractivity contribution in [3.8, 4) is 0 Å². The smallest absolute Gasteiger partial charge is 0.375 e. The summed E-state index contributed by atoms with van der Waals surface area (Å²) in [7, 11) is 0. The van der Waals surface area contributed by atoms with Crippen LogP contribution in [0.25, 0.3) is 0 Å². The second-order valence-corrected chi connectivity index (χ2v) is 6.83. The van der Waals surface area contributed by atoms with Crippen molar-refractivity contribution in [2.24, 2.45) is 5.92 Å². The molecule has 9 heteroatoms. The highest BCUT2D eigenvalue weighted by Gasteiger charge is 2.36. The number of alkyl halides is 3. The molecule has 144 valence electrons. The molecule has 0 bridgehead atoms. The van der Waals surface area contributed by atoms with Gasteiger partial charge in [0.1, 0.15) is 11.5 Å². The maximum Gasteiger partial charge on any atom is 0.433 e. The predicted molar refractivity (Wildman–Crippen MR) is 87.4 cm³/mol. The fourth-order valence-corrected chi connectivity index (χ4v) is 3.58. The maximum atomic E-state index is 12.8. The molecule has 0 unspecified atom stereocenters. The number of amides is 1. The summed E-state index contributed by atoms with van der Waals surface area (Å²) in [5.74, 6) is -0.0854. The van der Waals surface area contributed by atoms with Gasteiger partial charge in [0, 0.05) is 37.2 Å². The molecule has 0 spiro atoms. The molecular weight excluding hydrogens is 349 g/mol. The van der Waals surface area contributed by atoms with E-state index in [1.165, 1.54) is 6.92 Å². The molecule has 3 rings (SSSR count). The normalized spacial score (nSPS) is 26.2. The van der Waals surface area contributed by atoms with Crippen LogP contribution in [0, 0.1) is 12.8 Å². The van der Waals surface area contributed by atoms with Crippen molar-refractivity contribution in [3.05, 3.63) is 23.3 Å². The molecule has 0 aromatic carbocycles. The second kappa shape index (κ2) is 7.87. The quantitative estimate of drug-likeness (QED) is 0.840. The van der Waals surface area contributed by atoms with E-state index in [0.717, 1.165) is 31.9 Å². The fraction of sp³-hybridized carbons (Fsp3) is 0.706. The van der Waals surface area contributed by atoms with Crippen molar-refractivity contribution in [1.29, 1.82) is 0 Å². The summed E-state index contributed by atoms with van der Waals surface area (Å²) < 4.78 is 44.1. The highest BCUT2D eigenvalue weighted by atomic mass is 19.4. The van der Waals surface area contributed by atoms with E-state index in [1.54, 1.807) is 0 Å². The van der Waals surface area contributed by atoms with Crippen LogP contribution in [0.4, 0.5) is 13.2 Å². The number of rotatable bonds is 4. The van der Waals surface area contributed by atoms with E-state index >= 15 is 0 Å². The highest BCUT2D eigenvalue weighted by molar-refractivity contribution is 5.78. The first-order valence-electron chi connectivity index (χ1n) is 8.87. The molecule has 1 aliphatic heterocycles. The average molecular weight is 372 g/mol. The minimum atomic E-state index is -4.50. The summed E-state index contributed by atoms with van der Waals surface area (Å²) in [6, 6.07) is 1.11. The van der Waals surface area contributed by atoms with Gasteiger partial charge in [0.05, 0.1) is 12.7 Å². The van der Waals surface area contributed by atoms with Gasteiger partial charge in [-0.2, -0.15) is 13.2 Å². The average Bonchev–Trinajstić information content (AvgIpc) is 2.60. The standard InChI is InChI=1S/C17H23F3N4O2/c1-10-8-14(17(18,19)20)24-15(23-10)4-5-22-16(25)11-2-3-13-12(9-11)21-6-7-26-13/h8,11-13,21H,2-7,9H2,1H3,(H,22,25)/t11-,12+,13+/m0/s1. The van der Waals surface area contributed by atoms with Crippen molar-refractivity contribution < 1.29 is 22.7 Å². The molecule has 3 atom stereocenters. The van der Waals surface area contributed by atoms with Crippen LogP contribution in [0.15, 0.2) is 6.07 Å². The van der Waals surface area contributed by atoms with Gasteiger partial charge in [-0.25, -0.2) is 9.97 Å². The van der Waals surface area contributed by atoms with E-state index in [0.29, 0.717) is 6.61 Å². The third-order valence-corrected chi connectivity index (χ3v) is 4.84. The van der Waals surface area contributed by atoms with Crippen LogP contribution in [-0.4, -0.2) is 47.7 Å². The molecule has 1 aromatic rings. The number of halogens is 3. The number of nitrogens with zero attached hydrogens (tertiary/aromatic N) is 2. The Bertz CT molecular complexity index is 653. The third-order valence-electron chi connectivity index (χ3n) is 4.84. The molecule has 2 N–H and O–H groups in total. The lowest BCUT2D eigenvalue weighted by Crippen LogP contribution is -2.53. The molecule has 0 radical (unpaired) electrons. The van der Waals surface area contributed by atoms with Gasteiger partial charge < -0.3 is 15.4 Å². The summed E-state index contributed by atoms with van der Waals surface area (Å²) in [4.78, 5) is 19.9. The molecule has 6 nitrogen and oxygen atoms in total. The largest absolute Gasteiger partial charge is 0.433 e. The first kappa shape index (κ1) is 19.0. The lowest BCUT2D eigenvalue weighted by molar-refractivity contribution is -0.141. The van der Waals surface area contributed by atoms with E-state index in [9.17, 15) is 18.0 Å². The van der Waals surface area contributed by atoms with E-state index in [4.69, 9.17) is 4.74 Å². The van der Waals surface area contributed by atoms with Crippen LogP contribution in [0.3, 0.4) is 0 Å². The van der Waals surface area contributed by atoms with Crippen molar-refractivity contribution in [2.75, 3.05) is 19.7 Å². The number of aryl methyl sites for hydroxylation is 1. The molecule has 1 saturated heterocycles. The van der Waals surface area contributed by atoms with E-state index in [1.807, 2.05) is 0 Å². The molecule has 1 aromatic heterocycles. The van der Waals surface area contributed by atoms with E-state index in [2.05, 4.69) is 20.6 Å². The summed E-state index contributed by atoms with van der Waals surface area (Å²) in [5, 5.41) is 6.19. The summed E-state index contributed by atoms with van der Waals surface area (Å²) in [5.41, 5.74) is -0.691. The number of carbonyl (C=O) groups excluding carboxylic acids is 1. The Hall–Kier alpha value is -1.74. The Morgan fingerprint density at radius 1 is 1.38 bits per heavy atom. The Morgan fingerprint density at radius 3 is 2.96 bits per heavy atom. The van der Waals surface area contributed by atoms with Crippen LogP contribution in [0.1, 0.15) is 36.5 Å². The number of fused-ring (bicyclic) bond motifs is 1. The topological polar surface area (TPSA) is 76.1 Å². The Morgan fingerprint density at radius 2 is 2.19 bits per heavy atom. The number of carbonyl (C=O) groups is 1. The molecule has 1 amide bonds. The number of hydrogen-bond donors (Lipinski definition) is 2. The summed E-state index contributed by atoms with van der Waals surface area (Å²) in [6.45, 7) is 3.21. The van der Waals surface area contributed by atoms with Gasteiger partial charge in [-0.1, -0.05) is 0 Å². The molecule has 2 heterocycles. The Kier molecular flexibility index (Phi) is 5.76. The van der Waals surface area contributed by atoms with Gasteiger partial charge in [0.2, 0.25) is 5.91 Å². The van der Waals surface area contributed by atoms with E-state index in [-0.39, 0.29) is 48.5 Å². The second-order valence-electron chi connectivity index (χ2n) is 6.83. The van der Waals surface area contributed by atoms with Gasteiger partial charge in [-0.05, 0) is 32.3 Å². The monoisotopic (exact) mass is 372 g/mol. The first-order chi connectivity index (χ1) is 12.3. The zero-order valence-corrected chi connectivity index (χ0v) is 14.6. The van der Waals surface area contributed by atoms with Crippen LogP contribution in [0.2, 0.25) is 0 Å². The van der Waals surface area contributed by atoms with Crippen molar-refractivity contribution in [1.82, 2.24) is 20.6 Å². The highest BCUT2D eigenvalue weighted by Crippen LogP contribution is 2.29. The van der Waals surface area contributed by atoms with Gasteiger partial charge in [0.25, 0.3) is 0 Å². The van der Waals surface area contributed by atoms with Crippen molar-refractivity contribution >= 4 is 5.91 Å². The third kappa shape index (κ3) is 4.70. The molecule has 2 fully saturated rings. The van der Waals surface area contributed by atoms with Crippen LogP contribution >= 0.6 is 0 Å². The minimum Gasteiger partial charge on any atom is -0.375 e. The maximum absolute atomic E-state index is 12.8. The molecular formula is C17H23F3N4O2. The number of ether oxygens (including phenoxy) is 1. The SMILES string of the molecule is Cc1cc(C(F)(F)F)nc(CCNC(=O)[C@H]2CC[C@H]3OCCN[C@@H]3C2)n1. The zero-order valence-electron chi connectivity index (χ0n) is 14.6. The van der Waals surface area contributed by atoms with Gasteiger partial charge in [-0.15, -0.1) is 0 Å². The van der Waals surface area contributed by atoms with Crippen LogP contribution in [-0.2, 0) is 22.1 Å². The zero-order chi connectivity index (χ0) is 18.7. The lowest BCUT2D eigenvalue weighted by atomic mass is 9.82. The van der Waals surface area contributed by atoms with Gasteiger partial charge in [-0.3, -0.25) is 4.79 Å². The van der Waals surface area contributed by atoms with Crippen molar-refractivity contribution in [2.45, 2.75) is 50.9 Å². The van der Waals surface area contributed by atoms with E-state index < -0.39 is 11.9 Å². The first-order valence-corrected chi connectivity index (χ1v) is 8.87. The number of aromatic nitrogens is 2. The van der Waals surface area contributed by atoms with Gasteiger partial charge >= 0.3 is 6.18 Å². The molecule has 1 saturated carbocycles. The number of morpholine rings is 1. The molecule has 1 aliphatic carbocycles. The number of nitrogens with one attached hydrogen (secondary N) is 2.